The molecule has 2 aromatic carbocycles. The molecule has 4 nitrogen and oxygen atoms in total. The first-order valence-electron chi connectivity index (χ1n) is 10.9. The van der Waals surface area contributed by atoms with Crippen LogP contribution in [0.2, 0.25) is 0 Å². The summed E-state index contributed by atoms with van der Waals surface area (Å²) in [7, 11) is 0. The van der Waals surface area contributed by atoms with Crippen molar-refractivity contribution in [3.8, 4) is 0 Å². The maximum Gasteiger partial charge on any atom is 0.326 e. The van der Waals surface area contributed by atoms with Crippen LogP contribution in [0.15, 0.2) is 53.3 Å². The quantitative estimate of drug-likeness (QED) is 0.692. The molecule has 2 fully saturated rings. The van der Waals surface area contributed by atoms with Gasteiger partial charge < -0.3 is 9.88 Å². The number of aromatic nitrogens is 2. The molecule has 2 unspecified atom stereocenters. The number of nitrogens with one attached hydrogen (secondary N) is 1. The van der Waals surface area contributed by atoms with Crippen molar-refractivity contribution in [1.29, 1.82) is 0 Å². The van der Waals surface area contributed by atoms with E-state index in [1.165, 1.54) is 43.4 Å². The molecule has 3 aromatic rings. The van der Waals surface area contributed by atoms with Crippen LogP contribution in [0.3, 0.4) is 0 Å². The van der Waals surface area contributed by atoms with Crippen molar-refractivity contribution in [1.82, 2.24) is 14.5 Å². The number of hydrogen-bond donors (Lipinski definition) is 1. The van der Waals surface area contributed by atoms with Crippen LogP contribution < -0.4 is 5.69 Å². The number of aromatic amines is 1. The molecule has 0 bridgehead atoms. The molecular formula is C24H28FN3O. The van der Waals surface area contributed by atoms with Gasteiger partial charge in [0.1, 0.15) is 5.82 Å². The van der Waals surface area contributed by atoms with Gasteiger partial charge in [-0.05, 0) is 61.8 Å². The third kappa shape index (κ3) is 3.64. The molecule has 1 aliphatic carbocycles. The Labute approximate surface area is 170 Å². The van der Waals surface area contributed by atoms with Gasteiger partial charge in [0.15, 0.2) is 0 Å². The number of halogens is 1. The smallest absolute Gasteiger partial charge is 0.306 e. The van der Waals surface area contributed by atoms with Crippen LogP contribution in [0.5, 0.6) is 0 Å². The first-order valence-corrected chi connectivity index (χ1v) is 10.9. The minimum atomic E-state index is -0.295. The molecule has 1 saturated carbocycles. The van der Waals surface area contributed by atoms with Gasteiger partial charge in [0.2, 0.25) is 0 Å². The topological polar surface area (TPSA) is 41.0 Å². The molecule has 29 heavy (non-hydrogen) atoms. The Hall–Kier alpha value is -2.40. The lowest BCUT2D eigenvalue weighted by Gasteiger charge is -2.41. The highest BCUT2D eigenvalue weighted by molar-refractivity contribution is 5.75. The number of likely N-dealkylation sites (tertiary alicyclic amines) is 1. The number of nitrogens with zero attached hydrogens (tertiary/aromatic N) is 2. The van der Waals surface area contributed by atoms with Gasteiger partial charge in [-0.3, -0.25) is 4.57 Å². The van der Waals surface area contributed by atoms with E-state index in [1.54, 1.807) is 10.6 Å². The Morgan fingerprint density at radius 1 is 0.931 bits per heavy atom. The van der Waals surface area contributed by atoms with Crippen LogP contribution in [-0.4, -0.2) is 33.6 Å². The standard InChI is InChI=1S/C24H28FN3O/c25-19-9-10-22-23(16-19)28(24(29)26-22)20-11-13-27(14-12-20)21-8-4-7-18(15-21)17-5-2-1-3-6-17/h1-3,5-6,9-10,16,18,20-21H,4,7-8,11-15H2,(H,26,29). The SMILES string of the molecule is O=c1[nH]c2ccc(F)cc2n1C1CCN(C2CCCC(c3ccccc3)C2)CC1. The van der Waals surface area contributed by atoms with Gasteiger partial charge in [0.05, 0.1) is 11.0 Å². The van der Waals surface area contributed by atoms with E-state index >= 15 is 0 Å². The summed E-state index contributed by atoms with van der Waals surface area (Å²) in [6.45, 7) is 2.01. The van der Waals surface area contributed by atoms with Crippen LogP contribution in [0.4, 0.5) is 4.39 Å². The second-order valence-electron chi connectivity index (χ2n) is 8.66. The number of benzene rings is 2. The fraction of sp³-hybridized carbons (Fsp3) is 0.458. The molecule has 2 heterocycles. The molecule has 1 N–H and O–H groups in total. The highest BCUT2D eigenvalue weighted by atomic mass is 19.1. The molecule has 5 rings (SSSR count). The fourth-order valence-electron chi connectivity index (χ4n) is 5.49. The van der Waals surface area contributed by atoms with E-state index in [4.69, 9.17) is 0 Å². The van der Waals surface area contributed by atoms with Crippen LogP contribution in [0.25, 0.3) is 11.0 Å². The Balaban J connectivity index is 1.28. The molecule has 1 aliphatic heterocycles. The summed E-state index contributed by atoms with van der Waals surface area (Å²) in [6, 6.07) is 16.2. The molecule has 0 spiro atoms. The summed E-state index contributed by atoms with van der Waals surface area (Å²) in [6.07, 6.45) is 6.95. The van der Waals surface area contributed by atoms with Crippen molar-refractivity contribution in [3.05, 3.63) is 70.4 Å². The molecule has 2 aliphatic rings. The predicted molar refractivity (Wildman–Crippen MR) is 114 cm³/mol. The van der Waals surface area contributed by atoms with E-state index in [0.717, 1.165) is 31.4 Å². The molecule has 1 saturated heterocycles. The Bertz CT molecular complexity index is 1030. The van der Waals surface area contributed by atoms with Gasteiger partial charge in [0.25, 0.3) is 0 Å². The summed E-state index contributed by atoms with van der Waals surface area (Å²) in [5.74, 6) is 0.365. The van der Waals surface area contributed by atoms with E-state index in [9.17, 15) is 9.18 Å². The summed E-state index contributed by atoms with van der Waals surface area (Å²) < 4.78 is 15.5. The molecular weight excluding hydrogens is 365 g/mol. The van der Waals surface area contributed by atoms with Crippen LogP contribution in [-0.2, 0) is 0 Å². The average Bonchev–Trinajstić information content (AvgIpc) is 3.09. The maximum absolute atomic E-state index is 13.7. The van der Waals surface area contributed by atoms with Crippen molar-refractivity contribution < 1.29 is 4.39 Å². The highest BCUT2D eigenvalue weighted by Crippen LogP contribution is 2.37. The second-order valence-corrected chi connectivity index (χ2v) is 8.66. The van der Waals surface area contributed by atoms with Crippen LogP contribution in [0, 0.1) is 5.82 Å². The largest absolute Gasteiger partial charge is 0.326 e. The average molecular weight is 394 g/mol. The third-order valence-electron chi connectivity index (χ3n) is 6.98. The Morgan fingerprint density at radius 2 is 1.72 bits per heavy atom. The number of rotatable bonds is 3. The van der Waals surface area contributed by atoms with Gasteiger partial charge in [-0.25, -0.2) is 9.18 Å². The van der Waals surface area contributed by atoms with E-state index in [1.807, 2.05) is 0 Å². The molecule has 5 heteroatoms. The Kier molecular flexibility index (Phi) is 5.00. The fourth-order valence-corrected chi connectivity index (χ4v) is 5.49. The van der Waals surface area contributed by atoms with E-state index in [-0.39, 0.29) is 17.5 Å². The molecule has 152 valence electrons. The first kappa shape index (κ1) is 18.6. The zero-order valence-electron chi connectivity index (χ0n) is 16.7. The normalized spacial score (nSPS) is 24.2. The molecule has 2 atom stereocenters. The van der Waals surface area contributed by atoms with Crippen molar-refractivity contribution in [3.63, 3.8) is 0 Å². The second kappa shape index (κ2) is 7.79. The number of fused-ring (bicyclic) bond motifs is 1. The molecule has 1 aromatic heterocycles. The van der Waals surface area contributed by atoms with Gasteiger partial charge >= 0.3 is 5.69 Å². The first-order chi connectivity index (χ1) is 14.2. The third-order valence-corrected chi connectivity index (χ3v) is 6.98. The number of imidazole rings is 1. The van der Waals surface area contributed by atoms with Crippen LogP contribution >= 0.6 is 0 Å². The summed E-state index contributed by atoms with van der Waals surface area (Å²) in [5.41, 5.74) is 2.76. The lowest BCUT2D eigenvalue weighted by atomic mass is 9.80. The number of H-pyrrole nitrogens is 1. The highest BCUT2D eigenvalue weighted by Gasteiger charge is 2.31. The number of piperidine rings is 1. The minimum absolute atomic E-state index is 0.120. The van der Waals surface area contributed by atoms with Crippen LogP contribution in [0.1, 0.15) is 56.0 Å². The van der Waals surface area contributed by atoms with E-state index in [0.29, 0.717) is 17.5 Å². The van der Waals surface area contributed by atoms with Gasteiger partial charge in [0, 0.05) is 25.2 Å². The van der Waals surface area contributed by atoms with Crippen molar-refractivity contribution in [2.75, 3.05) is 13.1 Å². The predicted octanol–water partition coefficient (Wildman–Crippen LogP) is 4.83. The number of hydrogen-bond acceptors (Lipinski definition) is 2. The van der Waals surface area contributed by atoms with Crippen molar-refractivity contribution in [2.24, 2.45) is 0 Å². The lowest BCUT2D eigenvalue weighted by molar-refractivity contribution is 0.103. The van der Waals surface area contributed by atoms with E-state index < -0.39 is 0 Å². The zero-order valence-corrected chi connectivity index (χ0v) is 16.7. The Morgan fingerprint density at radius 3 is 2.52 bits per heavy atom. The van der Waals surface area contributed by atoms with Crippen molar-refractivity contribution >= 4 is 11.0 Å². The zero-order chi connectivity index (χ0) is 19.8. The molecule has 0 radical (unpaired) electrons. The van der Waals surface area contributed by atoms with Gasteiger partial charge in [-0.1, -0.05) is 36.8 Å². The molecule has 0 amide bonds. The minimum Gasteiger partial charge on any atom is -0.306 e. The van der Waals surface area contributed by atoms with Gasteiger partial charge in [-0.15, -0.1) is 0 Å². The summed E-state index contributed by atoms with van der Waals surface area (Å²) in [4.78, 5) is 18.0. The summed E-state index contributed by atoms with van der Waals surface area (Å²) in [5, 5.41) is 0. The summed E-state index contributed by atoms with van der Waals surface area (Å²) >= 11 is 0. The lowest BCUT2D eigenvalue weighted by Crippen LogP contribution is -2.44. The monoisotopic (exact) mass is 393 g/mol. The van der Waals surface area contributed by atoms with E-state index in [2.05, 4.69) is 40.2 Å². The maximum atomic E-state index is 13.7. The van der Waals surface area contributed by atoms with Gasteiger partial charge in [-0.2, -0.15) is 0 Å². The van der Waals surface area contributed by atoms with Crippen molar-refractivity contribution in [2.45, 2.75) is 56.5 Å².